The Bertz CT molecular complexity index is 453. The van der Waals surface area contributed by atoms with Gasteiger partial charge in [-0.15, -0.1) is 0 Å². The molecule has 1 unspecified atom stereocenters. The quantitative estimate of drug-likeness (QED) is 0.812. The van der Waals surface area contributed by atoms with Crippen LogP contribution in [-0.2, 0) is 6.42 Å². The standard InChI is InChI=1S/C19H26O/c1-3-4-16-7-11-18(12-8-16)19-13-9-17(10-14-19)6-5-15(2)20/h7-8,11-12,15,17,19-20H,3-4,9-10,13-14H2,1-2H3. The van der Waals surface area contributed by atoms with Crippen LogP contribution in [-0.4, -0.2) is 11.2 Å². The first-order valence-electron chi connectivity index (χ1n) is 7.97. The molecule has 1 N–H and O–H groups in total. The first-order valence-corrected chi connectivity index (χ1v) is 7.97. The first-order chi connectivity index (χ1) is 9.69. The first kappa shape index (κ1) is 15.1. The molecule has 1 aromatic rings. The second-order valence-electron chi connectivity index (χ2n) is 6.00. The number of aryl methyl sites for hydroxylation is 1. The number of hydrogen-bond acceptors (Lipinski definition) is 1. The molecule has 1 aliphatic rings. The molecule has 0 amide bonds. The summed E-state index contributed by atoms with van der Waals surface area (Å²) in [7, 11) is 0. The lowest BCUT2D eigenvalue weighted by Gasteiger charge is -2.26. The molecule has 0 aromatic heterocycles. The Morgan fingerprint density at radius 1 is 1.15 bits per heavy atom. The summed E-state index contributed by atoms with van der Waals surface area (Å²) in [5, 5.41) is 9.21. The van der Waals surface area contributed by atoms with Crippen molar-refractivity contribution < 1.29 is 5.11 Å². The smallest absolute Gasteiger partial charge is 0.111 e. The van der Waals surface area contributed by atoms with Gasteiger partial charge in [0.1, 0.15) is 6.10 Å². The molecule has 0 heterocycles. The van der Waals surface area contributed by atoms with Crippen molar-refractivity contribution in [2.75, 3.05) is 0 Å². The second kappa shape index (κ2) is 7.50. The van der Waals surface area contributed by atoms with E-state index in [2.05, 4.69) is 43.0 Å². The van der Waals surface area contributed by atoms with Crippen molar-refractivity contribution in [1.82, 2.24) is 0 Å². The summed E-state index contributed by atoms with van der Waals surface area (Å²) >= 11 is 0. The van der Waals surface area contributed by atoms with Crippen molar-refractivity contribution in [3.05, 3.63) is 35.4 Å². The van der Waals surface area contributed by atoms with E-state index in [-0.39, 0.29) is 0 Å². The molecule has 0 spiro atoms. The van der Waals surface area contributed by atoms with Crippen LogP contribution in [0.2, 0.25) is 0 Å². The Morgan fingerprint density at radius 2 is 1.80 bits per heavy atom. The molecule has 0 bridgehead atoms. The molecule has 20 heavy (non-hydrogen) atoms. The Labute approximate surface area is 123 Å². The van der Waals surface area contributed by atoms with Crippen LogP contribution >= 0.6 is 0 Å². The Morgan fingerprint density at radius 3 is 2.35 bits per heavy atom. The molecule has 1 aliphatic carbocycles. The van der Waals surface area contributed by atoms with E-state index in [1.165, 1.54) is 49.7 Å². The maximum atomic E-state index is 9.21. The number of rotatable bonds is 3. The van der Waals surface area contributed by atoms with E-state index in [0.29, 0.717) is 11.8 Å². The van der Waals surface area contributed by atoms with E-state index >= 15 is 0 Å². The predicted molar refractivity (Wildman–Crippen MR) is 84.6 cm³/mol. The monoisotopic (exact) mass is 270 g/mol. The van der Waals surface area contributed by atoms with Crippen molar-refractivity contribution in [3.63, 3.8) is 0 Å². The van der Waals surface area contributed by atoms with Gasteiger partial charge in [0.25, 0.3) is 0 Å². The fourth-order valence-corrected chi connectivity index (χ4v) is 3.05. The van der Waals surface area contributed by atoms with Gasteiger partial charge in [-0.25, -0.2) is 0 Å². The van der Waals surface area contributed by atoms with Crippen molar-refractivity contribution in [2.24, 2.45) is 5.92 Å². The van der Waals surface area contributed by atoms with Crippen LogP contribution in [0.1, 0.15) is 63.0 Å². The van der Waals surface area contributed by atoms with E-state index in [1.807, 2.05) is 0 Å². The number of aliphatic hydroxyl groups is 1. The lowest BCUT2D eigenvalue weighted by Crippen LogP contribution is -2.12. The third-order valence-electron chi connectivity index (χ3n) is 4.21. The van der Waals surface area contributed by atoms with Gasteiger partial charge in [0.15, 0.2) is 0 Å². The fraction of sp³-hybridized carbons (Fsp3) is 0.579. The Hall–Kier alpha value is -1.26. The Kier molecular flexibility index (Phi) is 5.68. The lowest BCUT2D eigenvalue weighted by molar-refractivity contribution is 0.253. The number of hydrogen-bond donors (Lipinski definition) is 1. The lowest BCUT2D eigenvalue weighted by atomic mass is 9.79. The average Bonchev–Trinajstić information content (AvgIpc) is 2.47. The summed E-state index contributed by atoms with van der Waals surface area (Å²) in [5.41, 5.74) is 2.94. The average molecular weight is 270 g/mol. The minimum atomic E-state index is -0.487. The summed E-state index contributed by atoms with van der Waals surface area (Å²) < 4.78 is 0. The Balaban J connectivity index is 1.89. The minimum Gasteiger partial charge on any atom is -0.381 e. The minimum absolute atomic E-state index is 0.486. The van der Waals surface area contributed by atoms with Gasteiger partial charge in [-0.2, -0.15) is 0 Å². The van der Waals surface area contributed by atoms with Gasteiger partial charge >= 0.3 is 0 Å². The van der Waals surface area contributed by atoms with E-state index in [0.717, 1.165) is 0 Å². The van der Waals surface area contributed by atoms with E-state index in [9.17, 15) is 5.11 Å². The van der Waals surface area contributed by atoms with Crippen molar-refractivity contribution in [3.8, 4) is 11.8 Å². The molecule has 1 nitrogen and oxygen atoms in total. The molecular formula is C19H26O. The third-order valence-corrected chi connectivity index (χ3v) is 4.21. The van der Waals surface area contributed by atoms with E-state index in [1.54, 1.807) is 6.92 Å². The van der Waals surface area contributed by atoms with Gasteiger partial charge in [0, 0.05) is 5.92 Å². The second-order valence-corrected chi connectivity index (χ2v) is 6.00. The van der Waals surface area contributed by atoms with Crippen molar-refractivity contribution >= 4 is 0 Å². The summed E-state index contributed by atoms with van der Waals surface area (Å²) in [6.45, 7) is 3.96. The molecule has 1 atom stereocenters. The summed E-state index contributed by atoms with van der Waals surface area (Å²) in [6.07, 6.45) is 6.70. The van der Waals surface area contributed by atoms with Crippen LogP contribution in [0.5, 0.6) is 0 Å². The van der Waals surface area contributed by atoms with Crippen LogP contribution in [0.15, 0.2) is 24.3 Å². The van der Waals surface area contributed by atoms with E-state index in [4.69, 9.17) is 0 Å². The molecule has 1 heteroatoms. The maximum absolute atomic E-state index is 9.21. The summed E-state index contributed by atoms with van der Waals surface area (Å²) in [5.74, 6) is 7.31. The highest BCUT2D eigenvalue weighted by molar-refractivity contribution is 5.26. The molecule has 108 valence electrons. The zero-order chi connectivity index (χ0) is 14.4. The normalized spacial score (nSPS) is 23.8. The molecule has 0 aliphatic heterocycles. The molecule has 1 fully saturated rings. The van der Waals surface area contributed by atoms with E-state index < -0.39 is 6.10 Å². The fourth-order valence-electron chi connectivity index (χ4n) is 3.05. The van der Waals surface area contributed by atoms with Crippen molar-refractivity contribution in [2.45, 2.75) is 64.4 Å². The maximum Gasteiger partial charge on any atom is 0.111 e. The topological polar surface area (TPSA) is 20.2 Å². The van der Waals surface area contributed by atoms with Crippen LogP contribution in [0.4, 0.5) is 0 Å². The van der Waals surface area contributed by atoms with Crippen LogP contribution < -0.4 is 0 Å². The SMILES string of the molecule is CCCc1ccc(C2CCC(C#CC(C)O)CC2)cc1. The van der Waals surface area contributed by atoms with Gasteiger partial charge in [0.2, 0.25) is 0 Å². The van der Waals surface area contributed by atoms with Crippen molar-refractivity contribution in [1.29, 1.82) is 0 Å². The highest BCUT2D eigenvalue weighted by atomic mass is 16.3. The predicted octanol–water partition coefficient (Wildman–Crippen LogP) is 4.30. The number of benzene rings is 1. The molecule has 1 saturated carbocycles. The van der Waals surface area contributed by atoms with Crippen LogP contribution in [0.3, 0.4) is 0 Å². The number of aliphatic hydroxyl groups excluding tert-OH is 1. The van der Waals surface area contributed by atoms with Gasteiger partial charge in [-0.1, -0.05) is 49.5 Å². The zero-order valence-electron chi connectivity index (χ0n) is 12.7. The highest BCUT2D eigenvalue weighted by Crippen LogP contribution is 2.35. The summed E-state index contributed by atoms with van der Waals surface area (Å²) in [4.78, 5) is 0. The van der Waals surface area contributed by atoms with Crippen LogP contribution in [0, 0.1) is 17.8 Å². The summed E-state index contributed by atoms with van der Waals surface area (Å²) in [6, 6.07) is 9.21. The molecule has 0 radical (unpaired) electrons. The van der Waals surface area contributed by atoms with Gasteiger partial charge < -0.3 is 5.11 Å². The van der Waals surface area contributed by atoms with Gasteiger partial charge in [0.05, 0.1) is 0 Å². The molecule has 1 aromatic carbocycles. The van der Waals surface area contributed by atoms with Crippen LogP contribution in [0.25, 0.3) is 0 Å². The molecule has 2 rings (SSSR count). The largest absolute Gasteiger partial charge is 0.381 e. The highest BCUT2D eigenvalue weighted by Gasteiger charge is 2.21. The zero-order valence-corrected chi connectivity index (χ0v) is 12.7. The third kappa shape index (κ3) is 4.39. The molecular weight excluding hydrogens is 244 g/mol. The molecule has 0 saturated heterocycles. The van der Waals surface area contributed by atoms with Gasteiger partial charge in [-0.05, 0) is 56.1 Å². The van der Waals surface area contributed by atoms with Gasteiger partial charge in [-0.3, -0.25) is 0 Å².